The van der Waals surface area contributed by atoms with E-state index in [0.717, 1.165) is 0 Å². The molecule has 24 heteroatoms. The fourth-order valence-corrected chi connectivity index (χ4v) is 4.34. The maximum Gasteiger partial charge on any atom is 0.373 e. The van der Waals surface area contributed by atoms with Gasteiger partial charge in [0.15, 0.2) is 11.5 Å². The Morgan fingerprint density at radius 3 is 1.38 bits per heavy atom. The number of phenols is 2. The van der Waals surface area contributed by atoms with Crippen molar-refractivity contribution in [1.82, 2.24) is 30.4 Å². The van der Waals surface area contributed by atoms with Gasteiger partial charge in [-0.25, -0.2) is 9.59 Å². The molecule has 2 aromatic carbocycles. The highest BCUT2D eigenvalue weighted by atomic mass is 32.2. The zero-order valence-corrected chi connectivity index (χ0v) is 20.3. The number of H-pyrrole nitrogens is 2. The van der Waals surface area contributed by atoms with E-state index in [-0.39, 0.29) is 0 Å². The van der Waals surface area contributed by atoms with Crippen LogP contribution in [0.25, 0.3) is 10.8 Å². The Morgan fingerprint density at radius 1 is 0.700 bits per heavy atom. The van der Waals surface area contributed by atoms with Crippen LogP contribution in [-0.4, -0.2) is 88.7 Å². The van der Waals surface area contributed by atoms with E-state index in [0.29, 0.717) is 12.1 Å². The summed E-state index contributed by atoms with van der Waals surface area (Å²) in [5.41, 5.74) is -2.09. The van der Waals surface area contributed by atoms with Crippen molar-refractivity contribution in [2.45, 2.75) is 9.79 Å². The molecule has 0 unspecified atom stereocenters. The van der Waals surface area contributed by atoms with Crippen LogP contribution in [0.5, 0.6) is 11.5 Å². The molecule has 0 bridgehead atoms. The number of aromatic carboxylic acids is 2. The first-order valence-electron chi connectivity index (χ1n) is 9.73. The quantitative estimate of drug-likeness (QED) is 0.104. The predicted molar refractivity (Wildman–Crippen MR) is 122 cm³/mol. The Balaban J connectivity index is 1.98. The highest BCUT2D eigenvalue weighted by Gasteiger charge is 2.29. The van der Waals surface area contributed by atoms with Crippen LogP contribution in [0.3, 0.4) is 0 Å². The summed E-state index contributed by atoms with van der Waals surface area (Å²) in [6.07, 6.45) is 0. The number of aromatic amines is 2. The molecule has 0 saturated carbocycles. The number of azo groups is 2. The van der Waals surface area contributed by atoms with E-state index < -0.39 is 99.2 Å². The first-order chi connectivity index (χ1) is 18.6. The number of aromatic nitrogens is 6. The van der Waals surface area contributed by atoms with Gasteiger partial charge >= 0.3 is 11.9 Å². The molecule has 40 heavy (non-hydrogen) atoms. The topological polar surface area (TPSA) is 356 Å². The molecule has 0 saturated heterocycles. The third-order valence-corrected chi connectivity index (χ3v) is 6.37. The molecular formula is C16H10N10O12S2. The van der Waals surface area contributed by atoms with E-state index in [9.17, 15) is 45.7 Å². The molecule has 0 aliphatic carbocycles. The van der Waals surface area contributed by atoms with E-state index in [1.165, 1.54) is 0 Å². The minimum absolute atomic E-state index is 0.545. The van der Waals surface area contributed by atoms with Gasteiger partial charge in [-0.15, -0.1) is 30.7 Å². The van der Waals surface area contributed by atoms with Crippen molar-refractivity contribution < 1.29 is 56.0 Å². The van der Waals surface area contributed by atoms with Gasteiger partial charge in [0.1, 0.15) is 21.2 Å². The minimum atomic E-state index is -5.24. The second-order valence-corrected chi connectivity index (χ2v) is 9.95. The van der Waals surface area contributed by atoms with Gasteiger partial charge in [0.2, 0.25) is 11.6 Å². The molecule has 0 spiro atoms. The summed E-state index contributed by atoms with van der Waals surface area (Å²) in [5.74, 6) is -8.22. The van der Waals surface area contributed by atoms with E-state index in [2.05, 4.69) is 40.6 Å². The third-order valence-electron chi connectivity index (χ3n) is 4.64. The van der Waals surface area contributed by atoms with E-state index >= 15 is 0 Å². The molecule has 0 atom stereocenters. The Morgan fingerprint density at radius 2 is 1.07 bits per heavy atom. The molecule has 22 nitrogen and oxygen atoms in total. The molecule has 4 rings (SSSR count). The molecule has 0 radical (unpaired) electrons. The van der Waals surface area contributed by atoms with Crippen LogP contribution in [-0.2, 0) is 20.2 Å². The van der Waals surface area contributed by atoms with E-state index in [1.54, 1.807) is 0 Å². The van der Waals surface area contributed by atoms with Crippen LogP contribution in [0.1, 0.15) is 21.2 Å². The summed E-state index contributed by atoms with van der Waals surface area (Å²) in [7, 11) is -10.5. The van der Waals surface area contributed by atoms with Gasteiger partial charge in [-0.05, 0) is 17.5 Å². The van der Waals surface area contributed by atoms with Crippen LogP contribution < -0.4 is 0 Å². The number of nitrogens with one attached hydrogen (secondary N) is 2. The summed E-state index contributed by atoms with van der Waals surface area (Å²) in [4.78, 5) is 26.3. The van der Waals surface area contributed by atoms with E-state index in [1.807, 2.05) is 10.2 Å². The van der Waals surface area contributed by atoms with Crippen LogP contribution in [0, 0.1) is 0 Å². The average Bonchev–Trinajstić information content (AvgIpc) is 3.51. The number of phenolic OH excluding ortho intramolecular Hbond substituents is 2. The first-order valence-corrected chi connectivity index (χ1v) is 12.6. The zero-order valence-electron chi connectivity index (χ0n) is 18.7. The number of hydrogen-bond donors (Lipinski definition) is 8. The fourth-order valence-electron chi connectivity index (χ4n) is 3.02. The number of benzene rings is 2. The molecule has 0 aliphatic rings. The Bertz CT molecular complexity index is 1860. The fraction of sp³-hybridized carbons (Fsp3) is 0. The van der Waals surface area contributed by atoms with Crippen molar-refractivity contribution in [2.24, 2.45) is 20.5 Å². The summed E-state index contributed by atoms with van der Waals surface area (Å²) in [5, 5.41) is 62.3. The Kier molecular flexibility index (Phi) is 6.68. The monoisotopic (exact) mass is 598 g/mol. The number of rotatable bonds is 8. The average molecular weight is 598 g/mol. The van der Waals surface area contributed by atoms with Crippen molar-refractivity contribution in [3.8, 4) is 11.5 Å². The van der Waals surface area contributed by atoms with Crippen LogP contribution in [0.2, 0.25) is 0 Å². The number of nitrogens with zero attached hydrogens (tertiary/aromatic N) is 8. The molecule has 0 amide bonds. The summed E-state index contributed by atoms with van der Waals surface area (Å²) >= 11 is 0. The lowest BCUT2D eigenvalue weighted by Crippen LogP contribution is -2.01. The molecule has 208 valence electrons. The van der Waals surface area contributed by atoms with Crippen LogP contribution >= 0.6 is 0 Å². The molecule has 0 aliphatic heterocycles. The number of carbonyl (C=O) groups is 2. The third kappa shape index (κ3) is 5.25. The van der Waals surface area contributed by atoms with Crippen molar-refractivity contribution in [2.75, 3.05) is 0 Å². The van der Waals surface area contributed by atoms with Crippen molar-refractivity contribution in [3.63, 3.8) is 0 Å². The summed E-state index contributed by atoms with van der Waals surface area (Å²) in [6.45, 7) is 0. The standard InChI is InChI=1S/C16H10N10O12S2/c27-9-6-3(1-4(39(33,34)35)7(9)19-23-15-17-11(13(29)30)21-25-15)2-5(40(36,37)38)8(10(6)28)20-24-16-18-12(14(31)32)22-26-16/h1-2,27-28H,(H,29,30)(H,31,32)(H,17,21,25)(H,18,22,26)(H,33,34,35)(H,36,37,38). The summed E-state index contributed by atoms with van der Waals surface area (Å²) < 4.78 is 67.3. The van der Waals surface area contributed by atoms with Crippen molar-refractivity contribution in [3.05, 3.63) is 23.8 Å². The predicted octanol–water partition coefficient (Wildman–Crippen LogP) is 1.21. The number of hydrogen-bond acceptors (Lipinski definition) is 16. The second kappa shape index (κ2) is 9.69. The minimum Gasteiger partial charge on any atom is -0.505 e. The summed E-state index contributed by atoms with van der Waals surface area (Å²) in [6, 6.07) is 1.09. The number of carboxylic acids is 2. The Hall–Kier alpha value is -5.46. The molecule has 8 N–H and O–H groups in total. The van der Waals surface area contributed by atoms with Gasteiger partial charge in [-0.3, -0.25) is 19.3 Å². The number of carboxylic acid groups (broad SMARTS) is 2. The lowest BCUT2D eigenvalue weighted by Gasteiger charge is -2.13. The normalized spacial score (nSPS) is 12.6. The molecule has 2 aromatic heterocycles. The van der Waals surface area contributed by atoms with Gasteiger partial charge in [0.05, 0.1) is 5.39 Å². The number of fused-ring (bicyclic) bond motifs is 1. The Labute approximate surface area is 218 Å². The highest BCUT2D eigenvalue weighted by Crippen LogP contribution is 2.49. The maximum atomic E-state index is 12.0. The maximum absolute atomic E-state index is 12.0. The molecule has 2 heterocycles. The van der Waals surface area contributed by atoms with Gasteiger partial charge in [0.25, 0.3) is 32.1 Å². The van der Waals surface area contributed by atoms with Crippen LogP contribution in [0.4, 0.5) is 23.3 Å². The zero-order chi connectivity index (χ0) is 29.6. The highest BCUT2D eigenvalue weighted by molar-refractivity contribution is 7.86. The van der Waals surface area contributed by atoms with Gasteiger partial charge in [0, 0.05) is 0 Å². The van der Waals surface area contributed by atoms with E-state index in [4.69, 9.17) is 10.2 Å². The largest absolute Gasteiger partial charge is 0.505 e. The van der Waals surface area contributed by atoms with Crippen LogP contribution in [0.15, 0.2) is 42.4 Å². The molecular weight excluding hydrogens is 588 g/mol. The van der Waals surface area contributed by atoms with Gasteiger partial charge < -0.3 is 20.4 Å². The lowest BCUT2D eigenvalue weighted by atomic mass is 10.1. The molecule has 0 fully saturated rings. The first kappa shape index (κ1) is 27.6. The SMILES string of the molecule is O=C(O)c1nc(N=Nc2c(S(=O)(=O)O)cc3cc(S(=O)(=O)O)c(N=Nc4n[nH]c(C(=O)O)n4)c(O)c3c2O)n[nH]1. The van der Waals surface area contributed by atoms with Crippen molar-refractivity contribution >= 4 is 66.2 Å². The second-order valence-electron chi connectivity index (χ2n) is 7.17. The smallest absolute Gasteiger partial charge is 0.373 e. The lowest BCUT2D eigenvalue weighted by molar-refractivity contribution is 0.0673. The van der Waals surface area contributed by atoms with Gasteiger partial charge in [-0.1, -0.05) is 0 Å². The molecule has 4 aromatic rings. The van der Waals surface area contributed by atoms with Gasteiger partial charge in [-0.2, -0.15) is 26.8 Å². The van der Waals surface area contributed by atoms with Crippen molar-refractivity contribution in [1.29, 1.82) is 0 Å². The number of aromatic hydroxyl groups is 2.